The lowest BCUT2D eigenvalue weighted by Crippen LogP contribution is -2.45. The molecule has 0 saturated heterocycles. The van der Waals surface area contributed by atoms with Gasteiger partial charge in [-0.15, -0.1) is 0 Å². The van der Waals surface area contributed by atoms with Crippen molar-refractivity contribution in [3.63, 3.8) is 0 Å². The number of nitrogens with zero attached hydrogens (tertiary/aromatic N) is 4. The SMILES string of the molecule is CN1C(=O)c2cccc(OC(F)F)c2[C@H]2CC1c1nc3ccc(-c4cnc5c(c4)COCC5(C)NSC(C)(C)C)cc3n12. The third kappa shape index (κ3) is 4.69. The fraction of sp³-hybridized carbons (Fsp3) is 0.406. The van der Waals surface area contributed by atoms with Gasteiger partial charge >= 0.3 is 6.61 Å². The van der Waals surface area contributed by atoms with E-state index in [2.05, 4.69) is 49.1 Å². The van der Waals surface area contributed by atoms with Crippen molar-refractivity contribution in [3.8, 4) is 16.9 Å². The number of ether oxygens (including phenoxy) is 2. The van der Waals surface area contributed by atoms with Crippen molar-refractivity contribution in [2.75, 3.05) is 13.7 Å². The lowest BCUT2D eigenvalue weighted by Gasteiger charge is -2.37. The minimum atomic E-state index is -3.00. The molecular formula is C32H33F2N5O3S. The number of hydrogen-bond donors (Lipinski definition) is 1. The van der Waals surface area contributed by atoms with Crippen LogP contribution in [0.2, 0.25) is 0 Å². The third-order valence-corrected chi connectivity index (χ3v) is 9.63. The van der Waals surface area contributed by atoms with Crippen LogP contribution < -0.4 is 9.46 Å². The Hall–Kier alpha value is -3.54. The van der Waals surface area contributed by atoms with Crippen LogP contribution >= 0.6 is 11.9 Å². The highest BCUT2D eigenvalue weighted by Crippen LogP contribution is 2.50. The Morgan fingerprint density at radius 3 is 2.74 bits per heavy atom. The molecule has 224 valence electrons. The minimum absolute atomic E-state index is 0.0194. The first-order valence-corrected chi connectivity index (χ1v) is 15.1. The Morgan fingerprint density at radius 2 is 1.98 bits per heavy atom. The normalized spacial score (nSPS) is 22.9. The summed E-state index contributed by atoms with van der Waals surface area (Å²) in [6.07, 6.45) is 2.42. The summed E-state index contributed by atoms with van der Waals surface area (Å²) < 4.78 is 43.5. The molecule has 2 aromatic heterocycles. The van der Waals surface area contributed by atoms with E-state index in [9.17, 15) is 13.6 Å². The van der Waals surface area contributed by atoms with Crippen LogP contribution in [0.1, 0.15) is 79.2 Å². The summed E-state index contributed by atoms with van der Waals surface area (Å²) >= 11 is 1.67. The van der Waals surface area contributed by atoms with E-state index >= 15 is 0 Å². The molecule has 2 unspecified atom stereocenters. The first kappa shape index (κ1) is 28.2. The van der Waals surface area contributed by atoms with E-state index in [4.69, 9.17) is 19.4 Å². The number of imidazole rings is 1. The molecule has 2 aromatic carbocycles. The van der Waals surface area contributed by atoms with Crippen molar-refractivity contribution in [2.24, 2.45) is 0 Å². The minimum Gasteiger partial charge on any atom is -0.434 e. The quantitative estimate of drug-likeness (QED) is 0.257. The number of alkyl halides is 2. The second-order valence-corrected chi connectivity index (χ2v) is 14.3. The van der Waals surface area contributed by atoms with Crippen LogP contribution in [0, 0.1) is 0 Å². The number of nitrogens with one attached hydrogen (secondary N) is 1. The zero-order valence-corrected chi connectivity index (χ0v) is 25.5. The maximum atomic E-state index is 13.4. The van der Waals surface area contributed by atoms with Crippen molar-refractivity contribution in [3.05, 3.63) is 76.9 Å². The number of benzene rings is 2. The summed E-state index contributed by atoms with van der Waals surface area (Å²) in [6.45, 7) is 6.60. The molecule has 43 heavy (non-hydrogen) atoms. The van der Waals surface area contributed by atoms with Crippen LogP contribution in [0.15, 0.2) is 48.7 Å². The largest absolute Gasteiger partial charge is 0.434 e. The zero-order valence-electron chi connectivity index (χ0n) is 24.6. The van der Waals surface area contributed by atoms with E-state index < -0.39 is 12.2 Å². The van der Waals surface area contributed by atoms with Crippen LogP contribution in [0.25, 0.3) is 22.2 Å². The third-order valence-electron chi connectivity index (χ3n) is 8.46. The Morgan fingerprint density at radius 1 is 1.16 bits per heavy atom. The van der Waals surface area contributed by atoms with Gasteiger partial charge in [-0.3, -0.25) is 9.78 Å². The number of carbonyl (C=O) groups excluding carboxylic acids is 1. The molecule has 3 aliphatic rings. The van der Waals surface area contributed by atoms with E-state index in [-0.39, 0.29) is 28.5 Å². The second-order valence-electron chi connectivity index (χ2n) is 12.7. The Bertz CT molecular complexity index is 1770. The maximum Gasteiger partial charge on any atom is 0.387 e. The monoisotopic (exact) mass is 605 g/mol. The topological polar surface area (TPSA) is 81.5 Å². The van der Waals surface area contributed by atoms with Gasteiger partial charge in [0.2, 0.25) is 0 Å². The molecule has 0 saturated carbocycles. The molecule has 0 fully saturated rings. The molecule has 4 aromatic rings. The van der Waals surface area contributed by atoms with Crippen LogP contribution in [0.3, 0.4) is 0 Å². The van der Waals surface area contributed by atoms with Gasteiger partial charge in [-0.2, -0.15) is 8.78 Å². The molecule has 1 N–H and O–H groups in total. The average Bonchev–Trinajstić information content (AvgIpc) is 3.48. The summed E-state index contributed by atoms with van der Waals surface area (Å²) in [7, 11) is 1.74. The van der Waals surface area contributed by atoms with Gasteiger partial charge in [-0.25, -0.2) is 9.71 Å². The molecule has 3 atom stereocenters. The van der Waals surface area contributed by atoms with Crippen molar-refractivity contribution in [2.45, 2.75) is 69.7 Å². The van der Waals surface area contributed by atoms with Crippen molar-refractivity contribution < 1.29 is 23.0 Å². The number of carbonyl (C=O) groups is 1. The summed E-state index contributed by atoms with van der Waals surface area (Å²) in [5.41, 5.74) is 5.96. The van der Waals surface area contributed by atoms with E-state index in [1.165, 1.54) is 6.07 Å². The first-order valence-electron chi connectivity index (χ1n) is 14.3. The van der Waals surface area contributed by atoms with Gasteiger partial charge in [0, 0.05) is 46.7 Å². The number of aromatic nitrogens is 3. The Labute approximate surface area is 252 Å². The second kappa shape index (κ2) is 10.0. The maximum absolute atomic E-state index is 13.4. The van der Waals surface area contributed by atoms with Crippen LogP contribution in [-0.2, 0) is 16.9 Å². The van der Waals surface area contributed by atoms with Gasteiger partial charge in [0.1, 0.15) is 11.6 Å². The summed E-state index contributed by atoms with van der Waals surface area (Å²) in [5, 5.41) is 0. The summed E-state index contributed by atoms with van der Waals surface area (Å²) in [4.78, 5) is 24.9. The van der Waals surface area contributed by atoms with Crippen LogP contribution in [0.5, 0.6) is 5.75 Å². The van der Waals surface area contributed by atoms with E-state index in [1.54, 1.807) is 36.0 Å². The fourth-order valence-corrected chi connectivity index (χ4v) is 7.20. The van der Waals surface area contributed by atoms with Crippen molar-refractivity contribution in [1.29, 1.82) is 0 Å². The first-order chi connectivity index (χ1) is 20.4. The molecule has 11 heteroatoms. The fourth-order valence-electron chi connectivity index (χ4n) is 6.51. The molecule has 0 spiro atoms. The lowest BCUT2D eigenvalue weighted by molar-refractivity contribution is -0.0507. The number of amides is 1. The summed E-state index contributed by atoms with van der Waals surface area (Å²) in [6, 6.07) is 12.3. The van der Waals surface area contributed by atoms with Crippen molar-refractivity contribution >= 4 is 28.9 Å². The number of halogens is 2. The number of pyridine rings is 1. The van der Waals surface area contributed by atoms with E-state index in [0.717, 1.165) is 39.2 Å². The number of rotatable bonds is 5. The van der Waals surface area contributed by atoms with Gasteiger partial charge in [0.05, 0.1) is 47.6 Å². The summed E-state index contributed by atoms with van der Waals surface area (Å²) in [5.74, 6) is 0.525. The van der Waals surface area contributed by atoms with Gasteiger partial charge in [0.15, 0.2) is 0 Å². The predicted molar refractivity (Wildman–Crippen MR) is 161 cm³/mol. The molecule has 3 aliphatic heterocycles. The highest BCUT2D eigenvalue weighted by atomic mass is 32.2. The molecule has 8 nitrogen and oxygen atoms in total. The van der Waals surface area contributed by atoms with Gasteiger partial charge in [0.25, 0.3) is 5.91 Å². The van der Waals surface area contributed by atoms with Gasteiger partial charge in [-0.05, 0) is 63.6 Å². The standard InChI is InChI=1S/C32H33F2N5O3S/c1-31(2,3)43-37-32(4)16-41-15-19-11-18(14-35-27(19)32)17-9-10-21-22(12-17)39-23-13-24(28(39)36-21)38(5)29(40)20-7-6-8-25(26(20)23)42-30(33)34/h6-12,14,23-24,30,37H,13,15-16H2,1-5H3/t23-,24?,32?/m1/s1. The molecule has 0 radical (unpaired) electrons. The molecule has 5 heterocycles. The van der Waals surface area contributed by atoms with Crippen LogP contribution in [-0.4, -0.2) is 50.4 Å². The Kier molecular flexibility index (Phi) is 6.57. The van der Waals surface area contributed by atoms with E-state index in [0.29, 0.717) is 30.8 Å². The molecule has 7 rings (SSSR count). The smallest absolute Gasteiger partial charge is 0.387 e. The lowest BCUT2D eigenvalue weighted by atomic mass is 9.91. The zero-order chi connectivity index (χ0) is 30.3. The van der Waals surface area contributed by atoms with Gasteiger partial charge < -0.3 is 18.9 Å². The molecule has 2 bridgehead atoms. The average molecular weight is 606 g/mol. The highest BCUT2D eigenvalue weighted by molar-refractivity contribution is 7.98. The molecular weight excluding hydrogens is 572 g/mol. The number of hydrogen-bond acceptors (Lipinski definition) is 7. The van der Waals surface area contributed by atoms with Crippen molar-refractivity contribution in [1.82, 2.24) is 24.2 Å². The molecule has 1 amide bonds. The Balaban J connectivity index is 1.31. The van der Waals surface area contributed by atoms with Crippen LogP contribution in [0.4, 0.5) is 8.78 Å². The molecule has 0 aliphatic carbocycles. The van der Waals surface area contributed by atoms with Gasteiger partial charge in [-0.1, -0.05) is 24.1 Å². The highest BCUT2D eigenvalue weighted by Gasteiger charge is 2.45. The predicted octanol–water partition coefficient (Wildman–Crippen LogP) is 6.60. The van der Waals surface area contributed by atoms with E-state index in [1.807, 2.05) is 18.3 Å². The number of fused-ring (bicyclic) bond motifs is 10.